The molecule has 2 aliphatic rings. The first-order valence-electron chi connectivity index (χ1n) is 6.85. The molecule has 0 aromatic heterocycles. The van der Waals surface area contributed by atoms with Crippen molar-refractivity contribution in [3.05, 3.63) is 21.8 Å². The lowest BCUT2D eigenvalue weighted by Gasteiger charge is -2.22. The zero-order chi connectivity index (χ0) is 14.3. The fourth-order valence-electron chi connectivity index (χ4n) is 3.47. The summed E-state index contributed by atoms with van der Waals surface area (Å²) in [6.45, 7) is 0. The fraction of sp³-hybridized carbons (Fsp3) is 0.571. The largest absolute Gasteiger partial charge is 0.496 e. The van der Waals surface area contributed by atoms with Crippen LogP contribution in [0.2, 0.25) is 0 Å². The number of rotatable bonds is 4. The Balaban J connectivity index is 1.79. The molecule has 0 amide bonds. The van der Waals surface area contributed by atoms with Crippen LogP contribution in [0.5, 0.6) is 5.75 Å². The number of methoxy groups -OCH3 is 1. The average Bonchev–Trinajstić information content (AvgIpc) is 3.00. The van der Waals surface area contributed by atoms with Crippen LogP contribution in [0, 0.1) is 15.4 Å². The first-order valence-corrected chi connectivity index (χ1v) is 9.41. The Labute approximate surface area is 133 Å². The van der Waals surface area contributed by atoms with Gasteiger partial charge in [0, 0.05) is 6.04 Å². The van der Waals surface area contributed by atoms with Gasteiger partial charge in [-0.2, -0.15) is 0 Å². The van der Waals surface area contributed by atoms with Crippen molar-refractivity contribution < 1.29 is 13.2 Å². The van der Waals surface area contributed by atoms with E-state index < -0.39 is 10.0 Å². The summed E-state index contributed by atoms with van der Waals surface area (Å²) in [5, 5.41) is 0. The molecule has 6 heteroatoms. The molecule has 3 rings (SSSR count). The second kappa shape index (κ2) is 5.46. The molecule has 20 heavy (non-hydrogen) atoms. The third-order valence-corrected chi connectivity index (χ3v) is 6.81. The molecule has 110 valence electrons. The van der Waals surface area contributed by atoms with Gasteiger partial charge in [-0.15, -0.1) is 0 Å². The summed E-state index contributed by atoms with van der Waals surface area (Å²) in [6.07, 6.45) is 4.62. The zero-order valence-corrected chi connectivity index (χ0v) is 14.3. The van der Waals surface area contributed by atoms with Gasteiger partial charge in [-0.25, -0.2) is 13.1 Å². The predicted octanol–water partition coefficient (Wildman–Crippen LogP) is 2.77. The van der Waals surface area contributed by atoms with Crippen LogP contribution >= 0.6 is 22.6 Å². The van der Waals surface area contributed by atoms with E-state index in [4.69, 9.17) is 4.74 Å². The van der Waals surface area contributed by atoms with Gasteiger partial charge < -0.3 is 4.74 Å². The third-order valence-electron chi connectivity index (χ3n) is 4.48. The molecule has 0 unspecified atom stereocenters. The van der Waals surface area contributed by atoms with Crippen LogP contribution in [0.1, 0.15) is 25.7 Å². The maximum absolute atomic E-state index is 12.5. The number of hydrogen-bond donors (Lipinski definition) is 1. The van der Waals surface area contributed by atoms with Crippen LogP contribution in [0.15, 0.2) is 23.1 Å². The van der Waals surface area contributed by atoms with Crippen molar-refractivity contribution >= 4 is 32.6 Å². The molecule has 4 nitrogen and oxygen atoms in total. The molecule has 2 fully saturated rings. The van der Waals surface area contributed by atoms with Crippen molar-refractivity contribution in [2.24, 2.45) is 11.8 Å². The Morgan fingerprint density at radius 1 is 1.30 bits per heavy atom. The van der Waals surface area contributed by atoms with Gasteiger partial charge >= 0.3 is 0 Å². The van der Waals surface area contributed by atoms with Crippen LogP contribution in [-0.4, -0.2) is 21.6 Å². The topological polar surface area (TPSA) is 55.4 Å². The Hall–Kier alpha value is -0.340. The Bertz CT molecular complexity index is 617. The predicted molar refractivity (Wildman–Crippen MR) is 85.3 cm³/mol. The number of benzene rings is 1. The molecular weight excluding hydrogens is 389 g/mol. The standard InChI is InChI=1S/C14H18INO3S/c1-19-14-5-4-11(8-12(14)15)20(17,18)16-13-7-9-2-3-10(13)6-9/h4-5,8-10,13,16H,2-3,6-7H2,1H3/t9-,10-,13-/m0/s1. The van der Waals surface area contributed by atoms with Crippen LogP contribution in [0.25, 0.3) is 0 Å². The number of hydrogen-bond acceptors (Lipinski definition) is 3. The van der Waals surface area contributed by atoms with E-state index in [-0.39, 0.29) is 6.04 Å². The molecule has 2 bridgehead atoms. The van der Waals surface area contributed by atoms with Crippen LogP contribution in [-0.2, 0) is 10.0 Å². The molecule has 0 spiro atoms. The lowest BCUT2D eigenvalue weighted by atomic mass is 9.96. The monoisotopic (exact) mass is 407 g/mol. The molecule has 2 saturated carbocycles. The molecular formula is C14H18INO3S. The number of sulfonamides is 1. The van der Waals surface area contributed by atoms with Crippen LogP contribution in [0.4, 0.5) is 0 Å². The normalized spacial score (nSPS) is 28.8. The van der Waals surface area contributed by atoms with E-state index in [9.17, 15) is 8.42 Å². The first-order chi connectivity index (χ1) is 9.49. The van der Waals surface area contributed by atoms with Gasteiger partial charge in [0.05, 0.1) is 15.6 Å². The second-order valence-electron chi connectivity index (χ2n) is 5.70. The minimum atomic E-state index is -3.42. The van der Waals surface area contributed by atoms with Crippen molar-refractivity contribution in [3.63, 3.8) is 0 Å². The number of halogens is 1. The summed E-state index contributed by atoms with van der Waals surface area (Å²) in [4.78, 5) is 0.325. The molecule has 1 aromatic rings. The quantitative estimate of drug-likeness (QED) is 0.782. The van der Waals surface area contributed by atoms with Gasteiger partial charge in [-0.1, -0.05) is 6.42 Å². The van der Waals surface area contributed by atoms with Crippen molar-refractivity contribution in [2.45, 2.75) is 36.6 Å². The molecule has 3 atom stereocenters. The van der Waals surface area contributed by atoms with E-state index in [0.717, 1.165) is 22.3 Å². The van der Waals surface area contributed by atoms with E-state index in [2.05, 4.69) is 27.3 Å². The average molecular weight is 407 g/mol. The SMILES string of the molecule is COc1ccc(S(=O)(=O)N[C@H]2C[C@H]3CC[C@H]2C3)cc1I. The van der Waals surface area contributed by atoms with Crippen LogP contribution in [0.3, 0.4) is 0 Å². The third kappa shape index (κ3) is 2.69. The van der Waals surface area contributed by atoms with E-state index in [1.165, 1.54) is 12.8 Å². The van der Waals surface area contributed by atoms with Gasteiger partial charge in [0.15, 0.2) is 0 Å². The smallest absolute Gasteiger partial charge is 0.240 e. The number of nitrogens with one attached hydrogen (secondary N) is 1. The number of fused-ring (bicyclic) bond motifs is 2. The van der Waals surface area contributed by atoms with Gasteiger partial charge in [-0.3, -0.25) is 0 Å². The molecule has 1 aromatic carbocycles. The van der Waals surface area contributed by atoms with Crippen LogP contribution < -0.4 is 9.46 Å². The molecule has 2 aliphatic carbocycles. The zero-order valence-electron chi connectivity index (χ0n) is 11.3. The highest BCUT2D eigenvalue weighted by Gasteiger charge is 2.41. The van der Waals surface area contributed by atoms with E-state index in [0.29, 0.717) is 16.6 Å². The molecule has 1 N–H and O–H groups in total. The highest BCUT2D eigenvalue weighted by Crippen LogP contribution is 2.44. The fourth-order valence-corrected chi connectivity index (χ4v) is 5.76. The van der Waals surface area contributed by atoms with Gasteiger partial charge in [0.1, 0.15) is 5.75 Å². The maximum Gasteiger partial charge on any atom is 0.240 e. The lowest BCUT2D eigenvalue weighted by molar-refractivity contribution is 0.390. The summed E-state index contributed by atoms with van der Waals surface area (Å²) < 4.78 is 33.8. The first kappa shape index (κ1) is 14.6. The Morgan fingerprint density at radius 2 is 2.10 bits per heavy atom. The minimum Gasteiger partial charge on any atom is -0.496 e. The highest BCUT2D eigenvalue weighted by atomic mass is 127. The summed E-state index contributed by atoms with van der Waals surface area (Å²) >= 11 is 2.09. The van der Waals surface area contributed by atoms with Crippen molar-refractivity contribution in [1.29, 1.82) is 0 Å². The van der Waals surface area contributed by atoms with Crippen molar-refractivity contribution in [1.82, 2.24) is 4.72 Å². The van der Waals surface area contributed by atoms with E-state index in [1.807, 2.05) is 0 Å². The van der Waals surface area contributed by atoms with Crippen molar-refractivity contribution in [3.8, 4) is 5.75 Å². The number of ether oxygens (including phenoxy) is 1. The Kier molecular flexibility index (Phi) is 3.98. The lowest BCUT2D eigenvalue weighted by Crippen LogP contribution is -2.38. The molecule has 0 aliphatic heterocycles. The van der Waals surface area contributed by atoms with Gasteiger partial charge in [0.25, 0.3) is 0 Å². The van der Waals surface area contributed by atoms with E-state index in [1.54, 1.807) is 25.3 Å². The summed E-state index contributed by atoms with van der Waals surface area (Å²) in [7, 11) is -1.84. The summed E-state index contributed by atoms with van der Waals surface area (Å²) in [6, 6.07) is 5.10. The second-order valence-corrected chi connectivity index (χ2v) is 8.58. The van der Waals surface area contributed by atoms with Crippen molar-refractivity contribution in [2.75, 3.05) is 7.11 Å². The summed E-state index contributed by atoms with van der Waals surface area (Å²) in [5.41, 5.74) is 0. The molecule has 0 heterocycles. The highest BCUT2D eigenvalue weighted by molar-refractivity contribution is 14.1. The molecule has 0 radical (unpaired) electrons. The summed E-state index contributed by atoms with van der Waals surface area (Å²) in [5.74, 6) is 1.96. The van der Waals surface area contributed by atoms with Gasteiger partial charge in [0.2, 0.25) is 10.0 Å². The minimum absolute atomic E-state index is 0.124. The van der Waals surface area contributed by atoms with Gasteiger partial charge in [-0.05, 0) is 71.9 Å². The van der Waals surface area contributed by atoms with E-state index >= 15 is 0 Å². The Morgan fingerprint density at radius 3 is 2.65 bits per heavy atom. The maximum atomic E-state index is 12.5. The molecule has 0 saturated heterocycles.